The van der Waals surface area contributed by atoms with E-state index in [4.69, 9.17) is 10.9 Å². The zero-order chi connectivity index (χ0) is 6.69. The van der Waals surface area contributed by atoms with E-state index in [1.807, 2.05) is 6.08 Å². The van der Waals surface area contributed by atoms with Gasteiger partial charge in [0.25, 0.3) is 0 Å². The first-order chi connectivity index (χ1) is 4.33. The first kappa shape index (κ1) is 6.32. The Morgan fingerprint density at radius 3 is 3.00 bits per heavy atom. The minimum absolute atomic E-state index is 0.0926. The highest BCUT2D eigenvalue weighted by molar-refractivity contribution is 5.16. The number of rotatable bonds is 1. The van der Waals surface area contributed by atoms with E-state index in [2.05, 4.69) is 5.43 Å². The van der Waals surface area contributed by atoms with Crippen LogP contribution in [0.25, 0.3) is 0 Å². The molecule has 0 saturated heterocycles. The second kappa shape index (κ2) is 2.66. The molecule has 0 aromatic rings. The molecule has 0 spiro atoms. The first-order valence-corrected chi connectivity index (χ1v) is 2.85. The Hall–Kier alpha value is -0.800. The molecule has 1 unspecified atom stereocenters. The van der Waals surface area contributed by atoms with E-state index in [1.54, 1.807) is 12.2 Å². The number of nitrogens with one attached hydrogen (secondary N) is 1. The molecule has 0 radical (unpaired) electrons. The van der Waals surface area contributed by atoms with Gasteiger partial charge in [-0.1, -0.05) is 12.2 Å². The minimum atomic E-state index is 0.0926. The molecule has 0 bridgehead atoms. The van der Waals surface area contributed by atoms with Crippen molar-refractivity contribution in [2.24, 2.45) is 5.84 Å². The molecular weight excluding hydrogens is 116 g/mol. The summed E-state index contributed by atoms with van der Waals surface area (Å²) in [7, 11) is 0. The van der Waals surface area contributed by atoms with E-state index in [1.165, 1.54) is 0 Å². The lowest BCUT2D eigenvalue weighted by Crippen LogP contribution is -2.34. The molecule has 9 heavy (non-hydrogen) atoms. The molecule has 0 heterocycles. The Morgan fingerprint density at radius 1 is 1.78 bits per heavy atom. The van der Waals surface area contributed by atoms with Crippen LogP contribution in [0.1, 0.15) is 6.42 Å². The van der Waals surface area contributed by atoms with Crippen molar-refractivity contribution in [1.82, 2.24) is 5.43 Å². The number of hydrogen-bond acceptors (Lipinski definition) is 3. The van der Waals surface area contributed by atoms with Crippen molar-refractivity contribution in [2.75, 3.05) is 0 Å². The van der Waals surface area contributed by atoms with Gasteiger partial charge in [0.15, 0.2) is 0 Å². The lowest BCUT2D eigenvalue weighted by molar-refractivity contribution is 0.368. The molecule has 1 atom stereocenters. The standard InChI is InChI=1S/C6H10N2O/c7-8-5-2-1-3-6(9)4-5/h1-3,5,8-9H,4,7H2. The Morgan fingerprint density at radius 2 is 2.56 bits per heavy atom. The average Bonchev–Trinajstić information content (AvgIpc) is 1.88. The SMILES string of the molecule is NNC1C=CC=C(O)C1. The summed E-state index contributed by atoms with van der Waals surface area (Å²) in [6.45, 7) is 0. The summed E-state index contributed by atoms with van der Waals surface area (Å²) in [4.78, 5) is 0. The van der Waals surface area contributed by atoms with Crippen molar-refractivity contribution in [3.05, 3.63) is 24.0 Å². The van der Waals surface area contributed by atoms with Crippen LogP contribution >= 0.6 is 0 Å². The van der Waals surface area contributed by atoms with Crippen LogP contribution in [-0.2, 0) is 0 Å². The molecule has 0 aromatic heterocycles. The van der Waals surface area contributed by atoms with Crippen molar-refractivity contribution in [2.45, 2.75) is 12.5 Å². The van der Waals surface area contributed by atoms with Crippen molar-refractivity contribution in [3.63, 3.8) is 0 Å². The quantitative estimate of drug-likeness (QED) is 0.348. The molecule has 0 saturated carbocycles. The van der Waals surface area contributed by atoms with E-state index in [0.29, 0.717) is 12.2 Å². The predicted octanol–water partition coefficient (Wildman–Crippen LogP) is 0.220. The lowest BCUT2D eigenvalue weighted by Gasteiger charge is -2.12. The zero-order valence-electron chi connectivity index (χ0n) is 5.04. The molecule has 3 nitrogen and oxygen atoms in total. The van der Waals surface area contributed by atoms with Crippen molar-refractivity contribution in [3.8, 4) is 0 Å². The van der Waals surface area contributed by atoms with Crippen LogP contribution < -0.4 is 11.3 Å². The maximum absolute atomic E-state index is 8.93. The topological polar surface area (TPSA) is 58.3 Å². The first-order valence-electron chi connectivity index (χ1n) is 2.85. The highest BCUT2D eigenvalue weighted by atomic mass is 16.3. The largest absolute Gasteiger partial charge is 0.512 e. The van der Waals surface area contributed by atoms with E-state index < -0.39 is 0 Å². The highest BCUT2D eigenvalue weighted by Crippen LogP contribution is 2.07. The Labute approximate surface area is 53.8 Å². The second-order valence-electron chi connectivity index (χ2n) is 2.02. The van der Waals surface area contributed by atoms with Crippen LogP contribution in [0.4, 0.5) is 0 Å². The van der Waals surface area contributed by atoms with Crippen LogP contribution in [-0.4, -0.2) is 11.1 Å². The summed E-state index contributed by atoms with van der Waals surface area (Å²) >= 11 is 0. The normalized spacial score (nSPS) is 25.9. The number of hydrazine groups is 1. The van der Waals surface area contributed by atoms with Gasteiger partial charge in [-0.2, -0.15) is 0 Å². The van der Waals surface area contributed by atoms with Gasteiger partial charge >= 0.3 is 0 Å². The van der Waals surface area contributed by atoms with Crippen molar-refractivity contribution in [1.29, 1.82) is 0 Å². The van der Waals surface area contributed by atoms with Crippen LogP contribution in [0.15, 0.2) is 24.0 Å². The van der Waals surface area contributed by atoms with E-state index in [9.17, 15) is 0 Å². The smallest absolute Gasteiger partial charge is 0.0941 e. The van der Waals surface area contributed by atoms with Gasteiger partial charge in [0.05, 0.1) is 5.76 Å². The molecule has 0 aromatic carbocycles. The number of hydrogen-bond donors (Lipinski definition) is 3. The third-order valence-electron chi connectivity index (χ3n) is 1.28. The van der Waals surface area contributed by atoms with Gasteiger partial charge in [0, 0.05) is 12.5 Å². The zero-order valence-corrected chi connectivity index (χ0v) is 5.04. The molecule has 0 fully saturated rings. The molecule has 4 N–H and O–H groups in total. The molecule has 1 rings (SSSR count). The van der Waals surface area contributed by atoms with Gasteiger partial charge in [-0.05, 0) is 6.08 Å². The summed E-state index contributed by atoms with van der Waals surface area (Å²) in [6, 6.07) is 0.0926. The van der Waals surface area contributed by atoms with Crippen molar-refractivity contribution < 1.29 is 5.11 Å². The number of nitrogens with two attached hydrogens (primary N) is 1. The number of allylic oxidation sites excluding steroid dienone is 2. The van der Waals surface area contributed by atoms with Crippen LogP contribution in [0.5, 0.6) is 0 Å². The molecule has 3 heteroatoms. The lowest BCUT2D eigenvalue weighted by atomic mass is 10.1. The Kier molecular flexibility index (Phi) is 1.87. The van der Waals surface area contributed by atoms with Gasteiger partial charge in [0.2, 0.25) is 0 Å². The maximum atomic E-state index is 8.93. The van der Waals surface area contributed by atoms with E-state index in [0.717, 1.165) is 0 Å². The van der Waals surface area contributed by atoms with Crippen LogP contribution in [0, 0.1) is 0 Å². The number of aliphatic hydroxyl groups excluding tert-OH is 1. The Balaban J connectivity index is 2.51. The summed E-state index contributed by atoms with van der Waals surface area (Å²) in [5.74, 6) is 5.50. The minimum Gasteiger partial charge on any atom is -0.512 e. The Bertz CT molecular complexity index is 151. The van der Waals surface area contributed by atoms with Crippen LogP contribution in [0.2, 0.25) is 0 Å². The van der Waals surface area contributed by atoms with Gasteiger partial charge < -0.3 is 5.11 Å². The predicted molar refractivity (Wildman–Crippen MR) is 35.6 cm³/mol. The fourth-order valence-corrected chi connectivity index (χ4v) is 0.777. The van der Waals surface area contributed by atoms with Gasteiger partial charge in [-0.3, -0.25) is 11.3 Å². The highest BCUT2D eigenvalue weighted by Gasteiger charge is 2.06. The average molecular weight is 126 g/mol. The van der Waals surface area contributed by atoms with Gasteiger partial charge in [0.1, 0.15) is 0 Å². The molecule has 0 amide bonds. The summed E-state index contributed by atoms with van der Waals surface area (Å²) in [5, 5.41) is 8.93. The molecule has 1 aliphatic rings. The fraction of sp³-hybridized carbons (Fsp3) is 0.333. The third kappa shape index (κ3) is 1.55. The summed E-state index contributed by atoms with van der Waals surface area (Å²) in [6.07, 6.45) is 5.93. The van der Waals surface area contributed by atoms with Crippen molar-refractivity contribution >= 4 is 0 Å². The third-order valence-corrected chi connectivity index (χ3v) is 1.28. The molecule has 1 aliphatic carbocycles. The summed E-state index contributed by atoms with van der Waals surface area (Å²) < 4.78 is 0. The maximum Gasteiger partial charge on any atom is 0.0941 e. The molecule has 0 aliphatic heterocycles. The molecule has 50 valence electrons. The summed E-state index contributed by atoms with van der Waals surface area (Å²) in [5.41, 5.74) is 2.55. The van der Waals surface area contributed by atoms with E-state index in [-0.39, 0.29) is 6.04 Å². The van der Waals surface area contributed by atoms with Gasteiger partial charge in [-0.25, -0.2) is 0 Å². The van der Waals surface area contributed by atoms with E-state index >= 15 is 0 Å². The fourth-order valence-electron chi connectivity index (χ4n) is 0.777. The van der Waals surface area contributed by atoms with Crippen LogP contribution in [0.3, 0.4) is 0 Å². The number of aliphatic hydroxyl groups is 1. The molecular formula is C6H10N2O. The monoisotopic (exact) mass is 126 g/mol. The van der Waals surface area contributed by atoms with Gasteiger partial charge in [-0.15, -0.1) is 0 Å². The second-order valence-corrected chi connectivity index (χ2v) is 2.02.